The molecule has 1 aliphatic heterocycles. The van der Waals surface area contributed by atoms with Crippen LogP contribution in [0.1, 0.15) is 18.0 Å². The maximum absolute atomic E-state index is 12.5. The van der Waals surface area contributed by atoms with Crippen molar-refractivity contribution in [2.75, 3.05) is 14.2 Å². The molecule has 3 rings (SSSR count). The van der Waals surface area contributed by atoms with Crippen molar-refractivity contribution in [2.24, 2.45) is 0 Å². The first kappa shape index (κ1) is 22.5. The van der Waals surface area contributed by atoms with Gasteiger partial charge in [-0.05, 0) is 34.9 Å². The quantitative estimate of drug-likeness (QED) is 0.570. The van der Waals surface area contributed by atoms with Gasteiger partial charge in [-0.3, -0.25) is 14.4 Å². The molecule has 0 spiro atoms. The average molecular weight is 437 g/mol. The number of ketones is 1. The van der Waals surface area contributed by atoms with Crippen molar-refractivity contribution in [3.63, 3.8) is 0 Å². The summed E-state index contributed by atoms with van der Waals surface area (Å²) < 4.78 is 5.25. The van der Waals surface area contributed by atoms with Gasteiger partial charge in [-0.1, -0.05) is 30.3 Å². The van der Waals surface area contributed by atoms with E-state index in [9.17, 15) is 24.3 Å². The number of hydrogen-bond donors (Lipinski definition) is 3. The number of amides is 3. The highest BCUT2D eigenvalue weighted by atomic mass is 16.5. The lowest BCUT2D eigenvalue weighted by molar-refractivity contribution is -0.138. The van der Waals surface area contributed by atoms with Crippen LogP contribution in [0.4, 0.5) is 4.79 Å². The molecule has 0 radical (unpaired) electrons. The highest BCUT2D eigenvalue weighted by Gasteiger charge is 2.32. The number of carboxylic acids is 1. The van der Waals surface area contributed by atoms with Crippen LogP contribution in [0, 0.1) is 0 Å². The molecule has 32 heavy (non-hydrogen) atoms. The lowest BCUT2D eigenvalue weighted by Gasteiger charge is -2.25. The van der Waals surface area contributed by atoms with Gasteiger partial charge in [0.2, 0.25) is 0 Å². The fourth-order valence-corrected chi connectivity index (χ4v) is 3.31. The first-order valence-electron chi connectivity index (χ1n) is 9.80. The van der Waals surface area contributed by atoms with Crippen LogP contribution in [0.25, 0.3) is 11.1 Å². The molecule has 166 valence electrons. The Hall–Kier alpha value is -4.14. The number of urea groups is 1. The van der Waals surface area contributed by atoms with Crippen LogP contribution in [0.15, 0.2) is 60.8 Å². The van der Waals surface area contributed by atoms with E-state index in [0.29, 0.717) is 11.3 Å². The van der Waals surface area contributed by atoms with E-state index < -0.39 is 35.8 Å². The van der Waals surface area contributed by atoms with Gasteiger partial charge in [-0.15, -0.1) is 0 Å². The smallest absolute Gasteiger partial charge is 0.316 e. The first-order valence-corrected chi connectivity index (χ1v) is 9.80. The number of aliphatic carboxylic acids is 1. The van der Waals surface area contributed by atoms with Gasteiger partial charge in [0, 0.05) is 19.3 Å². The summed E-state index contributed by atoms with van der Waals surface area (Å²) in [5.41, 5.74) is 2.22. The van der Waals surface area contributed by atoms with E-state index in [2.05, 4.69) is 10.6 Å². The summed E-state index contributed by atoms with van der Waals surface area (Å²) in [4.78, 5) is 49.3. The van der Waals surface area contributed by atoms with Crippen molar-refractivity contribution in [1.82, 2.24) is 15.5 Å². The summed E-state index contributed by atoms with van der Waals surface area (Å²) in [6.07, 6.45) is 2.12. The number of ether oxygens (including phenoxy) is 1. The highest BCUT2D eigenvalue weighted by molar-refractivity contribution is 6.14. The van der Waals surface area contributed by atoms with Crippen LogP contribution in [0.2, 0.25) is 0 Å². The number of nitrogens with one attached hydrogen (secondary N) is 2. The zero-order valence-corrected chi connectivity index (χ0v) is 17.6. The van der Waals surface area contributed by atoms with Crippen LogP contribution >= 0.6 is 0 Å². The summed E-state index contributed by atoms with van der Waals surface area (Å²) in [6.45, 7) is 0. The fraction of sp³-hybridized carbons (Fsp3) is 0.217. The predicted octanol–water partition coefficient (Wildman–Crippen LogP) is 2.10. The highest BCUT2D eigenvalue weighted by Crippen LogP contribution is 2.27. The normalized spacial score (nSPS) is 16.4. The Morgan fingerprint density at radius 3 is 2.50 bits per heavy atom. The number of hydrogen-bond acceptors (Lipinski definition) is 5. The standard InChI is InChI=1S/C23H23N3O6/c1-26-10-9-19(27)21(22(26)30)25-23(31)24-18(13-20(28)29)16-7-3-5-14(11-16)15-6-4-8-17(12-15)32-2/h3-12,18,21H,13H2,1-2H3,(H,28,29)(H2,24,25,31)/t18-,21?/m0/s1. The Bertz CT molecular complexity index is 1080. The molecular weight excluding hydrogens is 414 g/mol. The molecule has 1 heterocycles. The van der Waals surface area contributed by atoms with Crippen molar-refractivity contribution in [1.29, 1.82) is 0 Å². The van der Waals surface area contributed by atoms with Crippen LogP contribution in [0.3, 0.4) is 0 Å². The van der Waals surface area contributed by atoms with Gasteiger partial charge in [-0.2, -0.15) is 0 Å². The van der Waals surface area contributed by atoms with E-state index in [4.69, 9.17) is 4.74 Å². The van der Waals surface area contributed by atoms with Gasteiger partial charge in [0.05, 0.1) is 19.6 Å². The Balaban J connectivity index is 1.81. The molecule has 0 bridgehead atoms. The van der Waals surface area contributed by atoms with Gasteiger partial charge in [-0.25, -0.2) is 4.79 Å². The molecule has 1 aliphatic rings. The molecule has 0 fully saturated rings. The second-order valence-corrected chi connectivity index (χ2v) is 7.23. The number of rotatable bonds is 7. The SMILES string of the molecule is COc1cccc(-c2cccc([C@H](CC(=O)O)NC(=O)NC3C(=O)C=CN(C)C3=O)c2)c1. The van der Waals surface area contributed by atoms with Crippen molar-refractivity contribution in [3.05, 3.63) is 66.4 Å². The molecule has 3 N–H and O–H groups in total. The molecule has 2 atom stereocenters. The van der Waals surface area contributed by atoms with Gasteiger partial charge < -0.3 is 25.4 Å². The second kappa shape index (κ2) is 9.78. The van der Waals surface area contributed by atoms with E-state index in [-0.39, 0.29) is 6.42 Å². The first-order chi connectivity index (χ1) is 15.3. The molecule has 9 heteroatoms. The zero-order valence-electron chi connectivity index (χ0n) is 17.6. The van der Waals surface area contributed by atoms with Crippen molar-refractivity contribution < 1.29 is 29.0 Å². The average Bonchev–Trinajstić information content (AvgIpc) is 2.78. The van der Waals surface area contributed by atoms with E-state index in [0.717, 1.165) is 11.1 Å². The van der Waals surface area contributed by atoms with Gasteiger partial charge >= 0.3 is 12.0 Å². The molecule has 0 aliphatic carbocycles. The lowest BCUT2D eigenvalue weighted by atomic mass is 9.97. The minimum atomic E-state index is -1.36. The largest absolute Gasteiger partial charge is 0.497 e. The molecule has 0 saturated heterocycles. The zero-order chi connectivity index (χ0) is 23.3. The molecule has 1 unspecified atom stereocenters. The van der Waals surface area contributed by atoms with Gasteiger partial charge in [0.15, 0.2) is 11.8 Å². The van der Waals surface area contributed by atoms with Crippen LogP contribution in [0.5, 0.6) is 5.75 Å². The van der Waals surface area contributed by atoms with E-state index in [1.165, 1.54) is 24.2 Å². The molecule has 2 aromatic carbocycles. The third kappa shape index (κ3) is 5.31. The number of methoxy groups -OCH3 is 1. The minimum absolute atomic E-state index is 0.388. The third-order valence-electron chi connectivity index (χ3n) is 4.99. The molecule has 0 saturated carbocycles. The Labute approximate surface area is 184 Å². The number of likely N-dealkylation sites (N-methyl/N-ethyl adjacent to an activating group) is 1. The number of benzene rings is 2. The van der Waals surface area contributed by atoms with Crippen LogP contribution in [-0.2, 0) is 14.4 Å². The number of carbonyl (C=O) groups is 4. The fourth-order valence-electron chi connectivity index (χ4n) is 3.31. The number of nitrogens with zero attached hydrogens (tertiary/aromatic N) is 1. The Kier molecular flexibility index (Phi) is 6.89. The molecular formula is C23H23N3O6. The minimum Gasteiger partial charge on any atom is -0.497 e. The maximum atomic E-state index is 12.5. The molecule has 3 amide bonds. The van der Waals surface area contributed by atoms with Crippen LogP contribution in [-0.4, -0.2) is 53.9 Å². The van der Waals surface area contributed by atoms with E-state index >= 15 is 0 Å². The van der Waals surface area contributed by atoms with Gasteiger partial charge in [0.1, 0.15) is 5.75 Å². The second-order valence-electron chi connectivity index (χ2n) is 7.23. The Morgan fingerprint density at radius 2 is 1.81 bits per heavy atom. The Morgan fingerprint density at radius 1 is 1.12 bits per heavy atom. The summed E-state index contributed by atoms with van der Waals surface area (Å²) in [5.74, 6) is -1.58. The summed E-state index contributed by atoms with van der Waals surface area (Å²) >= 11 is 0. The summed E-state index contributed by atoms with van der Waals surface area (Å²) in [6, 6.07) is 11.4. The van der Waals surface area contributed by atoms with Gasteiger partial charge in [0.25, 0.3) is 5.91 Å². The molecule has 0 aromatic heterocycles. The van der Waals surface area contributed by atoms with Crippen LogP contribution < -0.4 is 15.4 Å². The predicted molar refractivity (Wildman–Crippen MR) is 116 cm³/mol. The number of carboxylic acid groups (broad SMARTS) is 1. The van der Waals surface area contributed by atoms with Crippen molar-refractivity contribution in [2.45, 2.75) is 18.5 Å². The molecule has 2 aromatic rings. The van der Waals surface area contributed by atoms with E-state index in [1.54, 1.807) is 25.3 Å². The van der Waals surface area contributed by atoms with Crippen molar-refractivity contribution in [3.8, 4) is 16.9 Å². The van der Waals surface area contributed by atoms with Crippen molar-refractivity contribution >= 4 is 23.7 Å². The molecule has 9 nitrogen and oxygen atoms in total. The van der Waals surface area contributed by atoms with E-state index in [1.807, 2.05) is 30.3 Å². The summed E-state index contributed by atoms with van der Waals surface area (Å²) in [7, 11) is 3.03. The maximum Gasteiger partial charge on any atom is 0.316 e. The third-order valence-corrected chi connectivity index (χ3v) is 4.99. The lowest BCUT2D eigenvalue weighted by Crippen LogP contribution is -2.55. The topological polar surface area (TPSA) is 125 Å². The summed E-state index contributed by atoms with van der Waals surface area (Å²) in [5, 5.41) is 14.2. The number of carbonyl (C=O) groups excluding carboxylic acids is 3. The monoisotopic (exact) mass is 437 g/mol.